The highest BCUT2D eigenvalue weighted by atomic mass is 127. The van der Waals surface area contributed by atoms with Crippen LogP contribution in [0.4, 0.5) is 15.8 Å². The third-order valence-electron chi connectivity index (χ3n) is 4.62. The fraction of sp³-hybridized carbons (Fsp3) is 0.333. The molecule has 162 valence electrons. The first-order valence-corrected chi connectivity index (χ1v) is 9.68. The monoisotopic (exact) mass is 527 g/mol. The van der Waals surface area contributed by atoms with Crippen LogP contribution in [0.2, 0.25) is 0 Å². The number of amides is 1. The summed E-state index contributed by atoms with van der Waals surface area (Å²) in [5.41, 5.74) is 1.23. The molecule has 0 aliphatic carbocycles. The van der Waals surface area contributed by atoms with Gasteiger partial charge in [0.15, 0.2) is 5.96 Å². The van der Waals surface area contributed by atoms with Crippen LogP contribution in [0.5, 0.6) is 5.75 Å². The Morgan fingerprint density at radius 3 is 2.53 bits per heavy atom. The maximum absolute atomic E-state index is 13.2. The van der Waals surface area contributed by atoms with E-state index < -0.39 is 5.82 Å². The number of halogens is 2. The number of carbonyl (C=O) groups excluding carboxylic acids is 1. The van der Waals surface area contributed by atoms with E-state index in [9.17, 15) is 14.3 Å². The SMILES string of the molecule is CCNC(=NCC(=O)Nc1cccc(F)c1)N1CCN(c2ccccc2O)CC1.I. The van der Waals surface area contributed by atoms with E-state index >= 15 is 0 Å². The molecular weight excluding hydrogens is 500 g/mol. The highest BCUT2D eigenvalue weighted by Gasteiger charge is 2.21. The van der Waals surface area contributed by atoms with Gasteiger partial charge in [-0.1, -0.05) is 18.2 Å². The largest absolute Gasteiger partial charge is 0.506 e. The average Bonchev–Trinajstić information content (AvgIpc) is 2.72. The Morgan fingerprint density at radius 2 is 1.87 bits per heavy atom. The summed E-state index contributed by atoms with van der Waals surface area (Å²) in [6.45, 7) is 5.50. The van der Waals surface area contributed by atoms with E-state index in [1.165, 1.54) is 12.1 Å². The van der Waals surface area contributed by atoms with Crippen LogP contribution in [0.3, 0.4) is 0 Å². The quantitative estimate of drug-likeness (QED) is 0.317. The van der Waals surface area contributed by atoms with Gasteiger partial charge < -0.3 is 25.5 Å². The smallest absolute Gasteiger partial charge is 0.246 e. The lowest BCUT2D eigenvalue weighted by molar-refractivity contribution is -0.114. The van der Waals surface area contributed by atoms with E-state index in [-0.39, 0.29) is 42.2 Å². The van der Waals surface area contributed by atoms with Crippen molar-refractivity contribution in [2.75, 3.05) is 49.5 Å². The van der Waals surface area contributed by atoms with Crippen LogP contribution >= 0.6 is 24.0 Å². The standard InChI is InChI=1S/C21H26FN5O2.HI/c1-2-23-21(24-15-20(29)25-17-7-5-6-16(22)14-17)27-12-10-26(11-13-27)18-8-3-4-9-19(18)28;/h3-9,14,28H,2,10-13,15H2,1H3,(H,23,24)(H,25,29);1H. The van der Waals surface area contributed by atoms with Crippen molar-refractivity contribution in [3.8, 4) is 5.75 Å². The highest BCUT2D eigenvalue weighted by molar-refractivity contribution is 14.0. The van der Waals surface area contributed by atoms with Crippen molar-refractivity contribution in [3.63, 3.8) is 0 Å². The molecule has 0 unspecified atom stereocenters. The lowest BCUT2D eigenvalue weighted by atomic mass is 10.2. The van der Waals surface area contributed by atoms with Crippen molar-refractivity contribution in [2.45, 2.75) is 6.92 Å². The number of nitrogens with zero attached hydrogens (tertiary/aromatic N) is 3. The van der Waals surface area contributed by atoms with Gasteiger partial charge in [0.2, 0.25) is 5.91 Å². The second kappa shape index (κ2) is 11.6. The number of para-hydroxylation sites is 2. The van der Waals surface area contributed by atoms with Crippen molar-refractivity contribution in [1.29, 1.82) is 0 Å². The molecule has 0 saturated carbocycles. The molecule has 1 amide bonds. The Bertz CT molecular complexity index is 872. The van der Waals surface area contributed by atoms with E-state index in [0.29, 0.717) is 31.3 Å². The fourth-order valence-electron chi connectivity index (χ4n) is 3.23. The first-order valence-electron chi connectivity index (χ1n) is 9.68. The van der Waals surface area contributed by atoms with Gasteiger partial charge in [-0.3, -0.25) is 4.79 Å². The molecule has 3 N–H and O–H groups in total. The first kappa shape index (κ1) is 23.7. The maximum atomic E-state index is 13.2. The molecule has 0 atom stereocenters. The van der Waals surface area contributed by atoms with Gasteiger partial charge in [-0.25, -0.2) is 9.38 Å². The van der Waals surface area contributed by atoms with E-state index in [1.807, 2.05) is 19.1 Å². The predicted molar refractivity (Wildman–Crippen MR) is 128 cm³/mol. The summed E-state index contributed by atoms with van der Waals surface area (Å²) in [4.78, 5) is 20.8. The van der Waals surface area contributed by atoms with Crippen LogP contribution in [0, 0.1) is 5.82 Å². The Balaban J connectivity index is 0.00000320. The summed E-state index contributed by atoms with van der Waals surface area (Å²) in [7, 11) is 0. The number of guanidine groups is 1. The zero-order chi connectivity index (χ0) is 20.6. The van der Waals surface area contributed by atoms with Gasteiger partial charge in [-0.2, -0.15) is 0 Å². The van der Waals surface area contributed by atoms with E-state index in [2.05, 4.69) is 25.4 Å². The molecule has 1 saturated heterocycles. The Hall–Kier alpha value is -2.56. The van der Waals surface area contributed by atoms with Gasteiger partial charge in [0.1, 0.15) is 18.1 Å². The van der Waals surface area contributed by atoms with E-state index in [0.717, 1.165) is 18.8 Å². The molecule has 2 aromatic carbocycles. The molecule has 2 aromatic rings. The molecule has 1 fully saturated rings. The van der Waals surface area contributed by atoms with Crippen LogP contribution in [-0.2, 0) is 4.79 Å². The number of phenols is 1. The molecule has 1 aliphatic rings. The lowest BCUT2D eigenvalue weighted by Gasteiger charge is -2.37. The summed E-state index contributed by atoms with van der Waals surface area (Å²) in [5.74, 6) is 0.232. The van der Waals surface area contributed by atoms with Crippen molar-refractivity contribution < 1.29 is 14.3 Å². The number of rotatable bonds is 5. The molecule has 0 bridgehead atoms. The number of aromatic hydroxyl groups is 1. The molecule has 7 nitrogen and oxygen atoms in total. The zero-order valence-corrected chi connectivity index (χ0v) is 19.2. The summed E-state index contributed by atoms with van der Waals surface area (Å²) in [6.07, 6.45) is 0. The third-order valence-corrected chi connectivity index (χ3v) is 4.62. The first-order chi connectivity index (χ1) is 14.1. The molecule has 3 rings (SSSR count). The average molecular weight is 527 g/mol. The van der Waals surface area contributed by atoms with Gasteiger partial charge in [0.05, 0.1) is 5.69 Å². The number of hydrogen-bond acceptors (Lipinski definition) is 4. The van der Waals surface area contributed by atoms with Crippen LogP contribution in [0.25, 0.3) is 0 Å². The minimum absolute atomic E-state index is 0. The van der Waals surface area contributed by atoms with Crippen molar-refractivity contribution >= 4 is 47.2 Å². The molecule has 1 aliphatic heterocycles. The van der Waals surface area contributed by atoms with Crippen molar-refractivity contribution in [3.05, 3.63) is 54.3 Å². The van der Waals surface area contributed by atoms with Crippen LogP contribution < -0.4 is 15.5 Å². The number of piperazine rings is 1. The van der Waals surface area contributed by atoms with E-state index in [4.69, 9.17) is 0 Å². The van der Waals surface area contributed by atoms with Crippen molar-refractivity contribution in [1.82, 2.24) is 10.2 Å². The molecule has 9 heteroatoms. The highest BCUT2D eigenvalue weighted by Crippen LogP contribution is 2.27. The molecule has 30 heavy (non-hydrogen) atoms. The third kappa shape index (κ3) is 6.48. The number of benzene rings is 2. The molecular formula is C21H27FIN5O2. The molecule has 1 heterocycles. The summed E-state index contributed by atoms with van der Waals surface area (Å²) in [5, 5.41) is 15.9. The summed E-state index contributed by atoms with van der Waals surface area (Å²) in [6, 6.07) is 13.1. The zero-order valence-electron chi connectivity index (χ0n) is 16.8. The normalized spacial score (nSPS) is 14.1. The van der Waals surface area contributed by atoms with Crippen LogP contribution in [0.15, 0.2) is 53.5 Å². The van der Waals surface area contributed by atoms with Crippen molar-refractivity contribution in [2.24, 2.45) is 4.99 Å². The Morgan fingerprint density at radius 1 is 1.13 bits per heavy atom. The van der Waals surface area contributed by atoms with Gasteiger partial charge in [0, 0.05) is 38.4 Å². The van der Waals surface area contributed by atoms with Gasteiger partial charge in [-0.15, -0.1) is 24.0 Å². The lowest BCUT2D eigenvalue weighted by Crippen LogP contribution is -2.52. The number of carbonyl (C=O) groups is 1. The van der Waals surface area contributed by atoms with Gasteiger partial charge in [0.25, 0.3) is 0 Å². The summed E-state index contributed by atoms with van der Waals surface area (Å²) >= 11 is 0. The number of hydrogen-bond donors (Lipinski definition) is 3. The number of anilines is 2. The topological polar surface area (TPSA) is 80.2 Å². The number of phenolic OH excluding ortho intramolecular Hbond substituents is 1. The van der Waals surface area contributed by atoms with Crippen LogP contribution in [0.1, 0.15) is 6.92 Å². The van der Waals surface area contributed by atoms with E-state index in [1.54, 1.807) is 24.3 Å². The summed E-state index contributed by atoms with van der Waals surface area (Å²) < 4.78 is 13.2. The minimum Gasteiger partial charge on any atom is -0.506 e. The Labute approximate surface area is 193 Å². The second-order valence-corrected chi connectivity index (χ2v) is 6.69. The predicted octanol–water partition coefficient (Wildman–Crippen LogP) is 2.88. The van der Waals surface area contributed by atoms with Crippen LogP contribution in [-0.4, -0.2) is 61.1 Å². The molecule has 0 radical (unpaired) electrons. The minimum atomic E-state index is -0.401. The van der Waals surface area contributed by atoms with Gasteiger partial charge in [-0.05, 0) is 37.3 Å². The van der Waals surface area contributed by atoms with Gasteiger partial charge >= 0.3 is 0 Å². The molecule has 0 spiro atoms. The molecule has 0 aromatic heterocycles. The maximum Gasteiger partial charge on any atom is 0.246 e. The fourth-order valence-corrected chi connectivity index (χ4v) is 3.23. The number of aliphatic imine (C=N–C) groups is 1. The Kier molecular flexibility index (Phi) is 9.15. The number of nitrogens with one attached hydrogen (secondary N) is 2. The second-order valence-electron chi connectivity index (χ2n) is 6.69.